The van der Waals surface area contributed by atoms with Crippen LogP contribution in [0.3, 0.4) is 0 Å². The average molecular weight is 316 g/mol. The molecule has 1 aliphatic carbocycles. The third-order valence-corrected chi connectivity index (χ3v) is 5.15. The first kappa shape index (κ1) is 16.2. The number of carbonyl (C=O) groups is 1. The minimum atomic E-state index is 0.210. The molecule has 0 bridgehead atoms. The van der Waals surface area contributed by atoms with Gasteiger partial charge in [-0.2, -0.15) is 0 Å². The second-order valence-electron chi connectivity index (χ2n) is 6.65. The van der Waals surface area contributed by atoms with Gasteiger partial charge in [-0.05, 0) is 31.0 Å². The molecule has 1 amide bonds. The van der Waals surface area contributed by atoms with Crippen molar-refractivity contribution < 1.29 is 4.79 Å². The maximum Gasteiger partial charge on any atom is 0.223 e. The van der Waals surface area contributed by atoms with Gasteiger partial charge in [0.1, 0.15) is 5.82 Å². The van der Waals surface area contributed by atoms with Crippen LogP contribution in [0, 0.1) is 5.92 Å². The number of carbonyl (C=O) groups excluding carboxylic acids is 1. The zero-order valence-corrected chi connectivity index (χ0v) is 14.1. The highest BCUT2D eigenvalue weighted by molar-refractivity contribution is 5.78. The van der Waals surface area contributed by atoms with Crippen molar-refractivity contribution in [3.05, 3.63) is 23.9 Å². The second-order valence-corrected chi connectivity index (χ2v) is 6.65. The molecular weight excluding hydrogens is 288 g/mol. The molecule has 3 rings (SSSR count). The number of pyridine rings is 1. The van der Waals surface area contributed by atoms with Crippen molar-refractivity contribution in [2.24, 2.45) is 5.92 Å². The van der Waals surface area contributed by atoms with Crippen molar-refractivity contribution in [1.29, 1.82) is 0 Å². The van der Waals surface area contributed by atoms with E-state index in [1.165, 1.54) is 12.8 Å². The molecule has 23 heavy (non-hydrogen) atoms. The molecule has 2 aliphatic rings. The molecular formula is C18H28N4O. The number of rotatable bonds is 5. The van der Waals surface area contributed by atoms with E-state index in [2.05, 4.69) is 39.2 Å². The smallest absolute Gasteiger partial charge is 0.223 e. The van der Waals surface area contributed by atoms with Crippen LogP contribution in [0.15, 0.2) is 18.3 Å². The minimum Gasteiger partial charge on any atom is -0.354 e. The van der Waals surface area contributed by atoms with Crippen molar-refractivity contribution in [2.45, 2.75) is 39.2 Å². The first-order valence-electron chi connectivity index (χ1n) is 8.96. The Kier molecular flexibility index (Phi) is 5.49. The molecule has 0 spiro atoms. The quantitative estimate of drug-likeness (QED) is 0.903. The molecule has 0 aromatic carbocycles. The van der Waals surface area contributed by atoms with Gasteiger partial charge in [-0.15, -0.1) is 0 Å². The molecule has 1 aromatic rings. The highest BCUT2D eigenvalue weighted by Gasteiger charge is 2.22. The standard InChI is InChI=1S/C18H28N4O/c1-2-21-9-11-22(12-10-21)17-8-7-15(13-19-17)14-20-18(23)16-5-3-4-6-16/h7-8,13,16H,2-6,9-12,14H2,1H3,(H,20,23). The van der Waals surface area contributed by atoms with E-state index in [9.17, 15) is 4.79 Å². The molecule has 2 fully saturated rings. The molecule has 1 saturated heterocycles. The number of aromatic nitrogens is 1. The van der Waals surface area contributed by atoms with Gasteiger partial charge in [0.25, 0.3) is 0 Å². The first-order chi connectivity index (χ1) is 11.3. The lowest BCUT2D eigenvalue weighted by Gasteiger charge is -2.34. The molecule has 0 atom stereocenters. The molecule has 2 heterocycles. The third kappa shape index (κ3) is 4.22. The van der Waals surface area contributed by atoms with Crippen molar-refractivity contribution in [1.82, 2.24) is 15.2 Å². The van der Waals surface area contributed by atoms with E-state index in [0.717, 1.165) is 56.9 Å². The predicted molar refractivity (Wildman–Crippen MR) is 92.4 cm³/mol. The van der Waals surface area contributed by atoms with Crippen LogP contribution in [0.25, 0.3) is 0 Å². The van der Waals surface area contributed by atoms with Crippen LogP contribution in [0.2, 0.25) is 0 Å². The molecule has 1 aromatic heterocycles. The van der Waals surface area contributed by atoms with E-state index in [4.69, 9.17) is 0 Å². The monoisotopic (exact) mass is 316 g/mol. The summed E-state index contributed by atoms with van der Waals surface area (Å²) in [5, 5.41) is 3.05. The van der Waals surface area contributed by atoms with E-state index >= 15 is 0 Å². The van der Waals surface area contributed by atoms with Crippen LogP contribution in [0.4, 0.5) is 5.82 Å². The molecule has 1 aliphatic heterocycles. The Bertz CT molecular complexity index is 502. The van der Waals surface area contributed by atoms with Crippen LogP contribution in [0.5, 0.6) is 0 Å². The largest absolute Gasteiger partial charge is 0.354 e. The molecule has 5 nitrogen and oxygen atoms in total. The predicted octanol–water partition coefficient (Wildman–Crippen LogP) is 2.03. The van der Waals surface area contributed by atoms with Crippen molar-refractivity contribution in [3.63, 3.8) is 0 Å². The number of nitrogens with one attached hydrogen (secondary N) is 1. The summed E-state index contributed by atoms with van der Waals surface area (Å²) < 4.78 is 0. The molecule has 126 valence electrons. The molecule has 5 heteroatoms. The van der Waals surface area contributed by atoms with Gasteiger partial charge in [-0.25, -0.2) is 4.98 Å². The summed E-state index contributed by atoms with van der Waals surface area (Å²) in [4.78, 5) is 21.4. The number of nitrogens with zero attached hydrogens (tertiary/aromatic N) is 3. The molecule has 1 saturated carbocycles. The van der Waals surface area contributed by atoms with E-state index < -0.39 is 0 Å². The van der Waals surface area contributed by atoms with E-state index in [1.807, 2.05) is 6.20 Å². The number of amides is 1. The zero-order valence-electron chi connectivity index (χ0n) is 14.1. The first-order valence-corrected chi connectivity index (χ1v) is 8.96. The van der Waals surface area contributed by atoms with E-state index in [-0.39, 0.29) is 11.8 Å². The fraction of sp³-hybridized carbons (Fsp3) is 0.667. The van der Waals surface area contributed by atoms with Crippen LogP contribution >= 0.6 is 0 Å². The Morgan fingerprint density at radius 2 is 1.96 bits per heavy atom. The van der Waals surface area contributed by atoms with E-state index in [1.54, 1.807) is 0 Å². The topological polar surface area (TPSA) is 48.5 Å². The Balaban J connectivity index is 1.48. The Labute approximate surface area is 139 Å². The summed E-state index contributed by atoms with van der Waals surface area (Å²) in [5.74, 6) is 1.49. The molecule has 0 radical (unpaired) electrons. The van der Waals surface area contributed by atoms with Crippen molar-refractivity contribution >= 4 is 11.7 Å². The molecule has 1 N–H and O–H groups in total. The lowest BCUT2D eigenvalue weighted by atomic mass is 10.1. The summed E-state index contributed by atoms with van der Waals surface area (Å²) >= 11 is 0. The van der Waals surface area contributed by atoms with Gasteiger partial charge >= 0.3 is 0 Å². The fourth-order valence-electron chi connectivity index (χ4n) is 3.52. The van der Waals surface area contributed by atoms with Crippen LogP contribution in [0.1, 0.15) is 38.2 Å². The van der Waals surface area contributed by atoms with Crippen molar-refractivity contribution in [3.8, 4) is 0 Å². The van der Waals surface area contributed by atoms with Crippen LogP contribution in [-0.4, -0.2) is 48.5 Å². The number of likely N-dealkylation sites (N-methyl/N-ethyl adjacent to an activating group) is 1. The summed E-state index contributed by atoms with van der Waals surface area (Å²) in [5.41, 5.74) is 1.08. The Hall–Kier alpha value is -1.62. The van der Waals surface area contributed by atoms with Gasteiger partial charge in [0, 0.05) is 44.8 Å². The Morgan fingerprint density at radius 3 is 2.57 bits per heavy atom. The molecule has 0 unspecified atom stereocenters. The van der Waals surface area contributed by atoms with Gasteiger partial charge in [0.15, 0.2) is 0 Å². The van der Waals surface area contributed by atoms with E-state index in [0.29, 0.717) is 6.54 Å². The number of piperazine rings is 1. The zero-order chi connectivity index (χ0) is 16.1. The number of hydrogen-bond donors (Lipinski definition) is 1. The summed E-state index contributed by atoms with van der Waals surface area (Å²) in [6.07, 6.45) is 6.38. The van der Waals surface area contributed by atoms with Gasteiger partial charge in [0.2, 0.25) is 5.91 Å². The maximum atomic E-state index is 12.0. The van der Waals surface area contributed by atoms with Crippen LogP contribution < -0.4 is 10.2 Å². The fourth-order valence-corrected chi connectivity index (χ4v) is 3.52. The SMILES string of the molecule is CCN1CCN(c2ccc(CNC(=O)C3CCCC3)cn2)CC1. The number of anilines is 1. The van der Waals surface area contributed by atoms with Gasteiger partial charge in [-0.3, -0.25) is 4.79 Å². The second kappa shape index (κ2) is 7.77. The lowest BCUT2D eigenvalue weighted by Crippen LogP contribution is -2.46. The summed E-state index contributed by atoms with van der Waals surface area (Å²) in [6.45, 7) is 8.22. The average Bonchev–Trinajstić information content (AvgIpc) is 3.15. The highest BCUT2D eigenvalue weighted by Crippen LogP contribution is 2.24. The third-order valence-electron chi connectivity index (χ3n) is 5.15. The minimum absolute atomic E-state index is 0.210. The Morgan fingerprint density at radius 1 is 1.22 bits per heavy atom. The van der Waals surface area contributed by atoms with Gasteiger partial charge in [-0.1, -0.05) is 25.8 Å². The maximum absolute atomic E-state index is 12.0. The lowest BCUT2D eigenvalue weighted by molar-refractivity contribution is -0.124. The number of hydrogen-bond acceptors (Lipinski definition) is 4. The van der Waals surface area contributed by atoms with Crippen molar-refractivity contribution in [2.75, 3.05) is 37.6 Å². The summed E-state index contributed by atoms with van der Waals surface area (Å²) in [7, 11) is 0. The van der Waals surface area contributed by atoms with Crippen LogP contribution in [-0.2, 0) is 11.3 Å². The summed E-state index contributed by atoms with van der Waals surface area (Å²) in [6, 6.07) is 4.17. The van der Waals surface area contributed by atoms with Gasteiger partial charge in [0.05, 0.1) is 0 Å². The highest BCUT2D eigenvalue weighted by atomic mass is 16.1. The van der Waals surface area contributed by atoms with Gasteiger partial charge < -0.3 is 15.1 Å². The normalized spacial score (nSPS) is 20.0.